The Balaban J connectivity index is 0.00000400. The summed E-state index contributed by atoms with van der Waals surface area (Å²) >= 11 is 3.38. The molecule has 7 heteroatoms. The number of benzene rings is 1. The van der Waals surface area contributed by atoms with Crippen LogP contribution in [0.5, 0.6) is 5.75 Å². The highest BCUT2D eigenvalue weighted by Gasteiger charge is 1.95. The van der Waals surface area contributed by atoms with Gasteiger partial charge in [-0.15, -0.1) is 24.0 Å². The van der Waals surface area contributed by atoms with E-state index in [1.165, 1.54) is 0 Å². The molecule has 3 N–H and O–H groups in total. The van der Waals surface area contributed by atoms with Crippen LogP contribution in [-0.2, 0) is 4.74 Å². The number of hydrogen-bond acceptors (Lipinski definition) is 3. The van der Waals surface area contributed by atoms with E-state index in [2.05, 4.69) is 26.2 Å². The summed E-state index contributed by atoms with van der Waals surface area (Å²) in [7, 11) is 0. The van der Waals surface area contributed by atoms with Gasteiger partial charge in [0.1, 0.15) is 12.4 Å². The molecule has 0 spiro atoms. The standard InChI is InChI=1S/C14H22BrN3O2.HI/c1-2-19-10-3-8-17-14(16)18-9-11-20-13-6-4-12(15)5-7-13;/h4-7H,2-3,8-11H2,1H3,(H3,16,17,18);1H. The minimum atomic E-state index is 0. The van der Waals surface area contributed by atoms with Gasteiger partial charge >= 0.3 is 0 Å². The lowest BCUT2D eigenvalue weighted by molar-refractivity contribution is 0.146. The molecule has 0 bridgehead atoms. The Bertz CT molecular complexity index is 402. The second-order valence-electron chi connectivity index (χ2n) is 4.05. The maximum atomic E-state index is 5.72. The highest BCUT2D eigenvalue weighted by atomic mass is 127. The number of ether oxygens (including phenoxy) is 2. The minimum absolute atomic E-state index is 0. The van der Waals surface area contributed by atoms with Crippen molar-refractivity contribution in [3.8, 4) is 5.75 Å². The minimum Gasteiger partial charge on any atom is -0.492 e. The lowest BCUT2D eigenvalue weighted by Crippen LogP contribution is -2.34. The first kappa shape index (κ1) is 20.5. The quantitative estimate of drug-likeness (QED) is 0.251. The Morgan fingerprint density at radius 2 is 2.00 bits per heavy atom. The number of aliphatic imine (C=N–C) groups is 1. The molecule has 0 aliphatic rings. The zero-order valence-electron chi connectivity index (χ0n) is 12.2. The zero-order valence-corrected chi connectivity index (χ0v) is 16.1. The summed E-state index contributed by atoms with van der Waals surface area (Å²) < 4.78 is 11.8. The van der Waals surface area contributed by atoms with Gasteiger partial charge in [-0.25, -0.2) is 0 Å². The Kier molecular flexibility index (Phi) is 12.8. The molecule has 0 saturated heterocycles. The monoisotopic (exact) mass is 471 g/mol. The van der Waals surface area contributed by atoms with Crippen LogP contribution in [0.25, 0.3) is 0 Å². The summed E-state index contributed by atoms with van der Waals surface area (Å²) in [6, 6.07) is 7.71. The fourth-order valence-electron chi connectivity index (χ4n) is 1.45. The molecule has 1 rings (SSSR count). The molecule has 1 aromatic carbocycles. The third-order valence-electron chi connectivity index (χ3n) is 2.42. The highest BCUT2D eigenvalue weighted by molar-refractivity contribution is 14.0. The van der Waals surface area contributed by atoms with E-state index in [1.54, 1.807) is 0 Å². The molecule has 0 radical (unpaired) electrons. The van der Waals surface area contributed by atoms with Crippen molar-refractivity contribution in [3.63, 3.8) is 0 Å². The van der Waals surface area contributed by atoms with E-state index >= 15 is 0 Å². The molecule has 120 valence electrons. The fourth-order valence-corrected chi connectivity index (χ4v) is 1.71. The normalized spacial score (nSPS) is 10.9. The second-order valence-corrected chi connectivity index (χ2v) is 4.96. The molecule has 5 nitrogen and oxygen atoms in total. The van der Waals surface area contributed by atoms with Crippen molar-refractivity contribution in [2.24, 2.45) is 10.7 Å². The molecule has 0 aliphatic carbocycles. The summed E-state index contributed by atoms with van der Waals surface area (Å²) in [5.41, 5.74) is 5.72. The average Bonchev–Trinajstić information content (AvgIpc) is 2.45. The molecule has 0 aliphatic heterocycles. The Hall–Kier alpha value is -0.540. The van der Waals surface area contributed by atoms with Gasteiger partial charge in [-0.2, -0.15) is 0 Å². The third-order valence-corrected chi connectivity index (χ3v) is 2.95. The van der Waals surface area contributed by atoms with E-state index in [0.717, 1.165) is 29.9 Å². The number of nitrogens with zero attached hydrogens (tertiary/aromatic N) is 1. The number of guanidine groups is 1. The first-order valence-electron chi connectivity index (χ1n) is 6.72. The van der Waals surface area contributed by atoms with Crippen molar-refractivity contribution < 1.29 is 9.47 Å². The van der Waals surface area contributed by atoms with Crippen molar-refractivity contribution in [3.05, 3.63) is 28.7 Å². The molecular formula is C14H23BrIN3O2. The van der Waals surface area contributed by atoms with E-state index in [0.29, 0.717) is 25.7 Å². The van der Waals surface area contributed by atoms with Crippen LogP contribution >= 0.6 is 39.9 Å². The van der Waals surface area contributed by atoms with Crippen molar-refractivity contribution in [1.82, 2.24) is 5.32 Å². The summed E-state index contributed by atoms with van der Waals surface area (Å²) in [5, 5.41) is 3.01. The lowest BCUT2D eigenvalue weighted by Gasteiger charge is -2.08. The van der Waals surface area contributed by atoms with Crippen molar-refractivity contribution in [2.45, 2.75) is 13.3 Å². The van der Waals surface area contributed by atoms with Gasteiger partial charge in [0.05, 0.1) is 6.54 Å². The molecular weight excluding hydrogens is 449 g/mol. The van der Waals surface area contributed by atoms with E-state index in [4.69, 9.17) is 15.2 Å². The van der Waals surface area contributed by atoms with E-state index in [-0.39, 0.29) is 24.0 Å². The van der Waals surface area contributed by atoms with Crippen LogP contribution in [0.1, 0.15) is 13.3 Å². The Morgan fingerprint density at radius 3 is 2.67 bits per heavy atom. The lowest BCUT2D eigenvalue weighted by atomic mass is 10.3. The second kappa shape index (κ2) is 13.1. The van der Waals surface area contributed by atoms with Crippen LogP contribution in [0, 0.1) is 0 Å². The third kappa shape index (κ3) is 10.8. The van der Waals surface area contributed by atoms with Crippen molar-refractivity contribution >= 4 is 45.9 Å². The van der Waals surface area contributed by atoms with Crippen LogP contribution < -0.4 is 15.8 Å². The number of rotatable bonds is 9. The van der Waals surface area contributed by atoms with Gasteiger partial charge in [-0.05, 0) is 37.6 Å². The maximum absolute atomic E-state index is 5.72. The number of nitrogens with two attached hydrogens (primary N) is 1. The van der Waals surface area contributed by atoms with Gasteiger partial charge in [0.2, 0.25) is 0 Å². The predicted molar refractivity (Wildman–Crippen MR) is 101 cm³/mol. The molecule has 0 aromatic heterocycles. The zero-order chi connectivity index (χ0) is 14.6. The van der Waals surface area contributed by atoms with Crippen LogP contribution in [-0.4, -0.2) is 38.9 Å². The largest absolute Gasteiger partial charge is 0.492 e. The Labute approximate surface area is 151 Å². The topological polar surface area (TPSA) is 68.9 Å². The van der Waals surface area contributed by atoms with Gasteiger partial charge in [-0.3, -0.25) is 4.99 Å². The summed E-state index contributed by atoms with van der Waals surface area (Å²) in [5.74, 6) is 1.28. The number of halogens is 2. The summed E-state index contributed by atoms with van der Waals surface area (Å²) in [6.07, 6.45) is 0.881. The smallest absolute Gasteiger partial charge is 0.188 e. The van der Waals surface area contributed by atoms with E-state index in [1.807, 2.05) is 31.2 Å². The molecule has 0 heterocycles. The highest BCUT2D eigenvalue weighted by Crippen LogP contribution is 2.15. The molecule has 0 amide bonds. The number of hydrogen-bond donors (Lipinski definition) is 2. The average molecular weight is 472 g/mol. The fraction of sp³-hybridized carbons (Fsp3) is 0.500. The molecule has 0 unspecified atom stereocenters. The van der Waals surface area contributed by atoms with Gasteiger partial charge in [0.25, 0.3) is 0 Å². The van der Waals surface area contributed by atoms with Crippen LogP contribution in [0.4, 0.5) is 0 Å². The van der Waals surface area contributed by atoms with Gasteiger partial charge < -0.3 is 20.5 Å². The van der Waals surface area contributed by atoms with Crippen LogP contribution in [0.15, 0.2) is 33.7 Å². The summed E-state index contributed by atoms with van der Waals surface area (Å²) in [6.45, 7) is 5.27. The van der Waals surface area contributed by atoms with Gasteiger partial charge in [-0.1, -0.05) is 15.9 Å². The molecule has 21 heavy (non-hydrogen) atoms. The Morgan fingerprint density at radius 1 is 1.29 bits per heavy atom. The summed E-state index contributed by atoms with van der Waals surface area (Å²) in [4.78, 5) is 4.19. The van der Waals surface area contributed by atoms with E-state index in [9.17, 15) is 0 Å². The van der Waals surface area contributed by atoms with Crippen molar-refractivity contribution in [2.75, 3.05) is 32.9 Å². The molecule has 1 aromatic rings. The predicted octanol–water partition coefficient (Wildman–Crippen LogP) is 2.78. The maximum Gasteiger partial charge on any atom is 0.188 e. The first-order chi connectivity index (χ1) is 9.72. The number of nitrogens with one attached hydrogen (secondary N) is 1. The van der Waals surface area contributed by atoms with Gasteiger partial charge in [0, 0.05) is 24.2 Å². The first-order valence-corrected chi connectivity index (χ1v) is 7.51. The van der Waals surface area contributed by atoms with Crippen LogP contribution in [0.2, 0.25) is 0 Å². The molecule has 0 saturated carbocycles. The van der Waals surface area contributed by atoms with E-state index < -0.39 is 0 Å². The molecule has 0 atom stereocenters. The van der Waals surface area contributed by atoms with Crippen LogP contribution in [0.3, 0.4) is 0 Å². The van der Waals surface area contributed by atoms with Gasteiger partial charge in [0.15, 0.2) is 5.96 Å². The van der Waals surface area contributed by atoms with Crippen molar-refractivity contribution in [1.29, 1.82) is 0 Å². The molecule has 0 fully saturated rings. The SMILES string of the molecule is CCOCCCN=C(N)NCCOc1ccc(Br)cc1.I.